The van der Waals surface area contributed by atoms with Crippen LogP contribution in [0.2, 0.25) is 0 Å². The Morgan fingerprint density at radius 2 is 1.89 bits per heavy atom. The average molecular weight is 397 g/mol. The third-order valence-corrected chi connectivity index (χ3v) is 6.31. The van der Waals surface area contributed by atoms with Crippen molar-refractivity contribution >= 4 is 29.3 Å². The van der Waals surface area contributed by atoms with Gasteiger partial charge in [0.05, 0.1) is 0 Å². The van der Waals surface area contributed by atoms with Gasteiger partial charge in [-0.05, 0) is 68.2 Å². The Morgan fingerprint density at radius 1 is 1.14 bits per heavy atom. The lowest BCUT2D eigenvalue weighted by Gasteiger charge is -2.44. The minimum absolute atomic E-state index is 0.00100. The fourth-order valence-electron chi connectivity index (χ4n) is 3.92. The summed E-state index contributed by atoms with van der Waals surface area (Å²) in [6.07, 6.45) is 4.04. The van der Waals surface area contributed by atoms with Crippen LogP contribution in [0.5, 0.6) is 0 Å². The van der Waals surface area contributed by atoms with Crippen LogP contribution in [-0.2, 0) is 4.79 Å². The molecule has 5 rings (SSSR count). The molecule has 0 radical (unpaired) electrons. The summed E-state index contributed by atoms with van der Waals surface area (Å²) < 4.78 is 0. The fourth-order valence-corrected chi connectivity index (χ4v) is 4.73. The Labute approximate surface area is 169 Å². The highest BCUT2D eigenvalue weighted by molar-refractivity contribution is 7.99. The molecule has 3 saturated heterocycles. The zero-order chi connectivity index (χ0) is 19.5. The van der Waals surface area contributed by atoms with Crippen molar-refractivity contribution in [3.8, 4) is 0 Å². The molecule has 3 aliphatic heterocycles. The van der Waals surface area contributed by atoms with Gasteiger partial charge in [-0.15, -0.1) is 0 Å². The maximum Gasteiger partial charge on any atom is 0.251 e. The highest BCUT2D eigenvalue weighted by Gasteiger charge is 2.34. The summed E-state index contributed by atoms with van der Waals surface area (Å²) in [4.78, 5) is 31.6. The number of pyridine rings is 1. The quantitative estimate of drug-likeness (QED) is 0.813. The van der Waals surface area contributed by atoms with E-state index in [-0.39, 0.29) is 17.9 Å². The Bertz CT molecular complexity index is 863. The molecule has 7 heteroatoms. The van der Waals surface area contributed by atoms with E-state index in [0.717, 1.165) is 22.2 Å². The number of piperidine rings is 3. The molecule has 0 spiro atoms. The Hall–Kier alpha value is -2.38. The van der Waals surface area contributed by atoms with Crippen LogP contribution in [0, 0.1) is 5.92 Å². The molecule has 6 nitrogen and oxygen atoms in total. The molecule has 2 bridgehead atoms. The lowest BCUT2D eigenvalue weighted by atomic mass is 9.84. The average Bonchev–Trinajstić information content (AvgIpc) is 2.69. The van der Waals surface area contributed by atoms with E-state index in [1.54, 1.807) is 12.3 Å². The first-order valence-electron chi connectivity index (χ1n) is 9.61. The van der Waals surface area contributed by atoms with Crippen molar-refractivity contribution < 1.29 is 9.59 Å². The molecule has 1 aromatic heterocycles. The van der Waals surface area contributed by atoms with Gasteiger partial charge in [0.2, 0.25) is 5.91 Å². The van der Waals surface area contributed by atoms with Gasteiger partial charge in [-0.2, -0.15) is 0 Å². The predicted molar refractivity (Wildman–Crippen MR) is 110 cm³/mol. The van der Waals surface area contributed by atoms with Crippen LogP contribution in [0.4, 0.5) is 5.69 Å². The lowest BCUT2D eigenvalue weighted by molar-refractivity contribution is -0.114. The molecule has 1 atom stereocenters. The number of hydrogen-bond acceptors (Lipinski definition) is 5. The third kappa shape index (κ3) is 4.54. The molecule has 1 aromatic carbocycles. The van der Waals surface area contributed by atoms with Gasteiger partial charge < -0.3 is 15.5 Å². The van der Waals surface area contributed by atoms with E-state index < -0.39 is 0 Å². The Morgan fingerprint density at radius 3 is 2.54 bits per heavy atom. The number of carbonyl (C=O) groups is 2. The normalized spacial score (nSPS) is 23.2. The van der Waals surface area contributed by atoms with Crippen LogP contribution in [0.3, 0.4) is 0 Å². The van der Waals surface area contributed by atoms with E-state index in [9.17, 15) is 9.59 Å². The van der Waals surface area contributed by atoms with E-state index in [4.69, 9.17) is 0 Å². The van der Waals surface area contributed by atoms with Crippen molar-refractivity contribution in [2.45, 2.75) is 35.7 Å². The number of rotatable bonds is 5. The number of hydrogen-bond donors (Lipinski definition) is 2. The van der Waals surface area contributed by atoms with Gasteiger partial charge >= 0.3 is 0 Å². The van der Waals surface area contributed by atoms with E-state index in [2.05, 4.69) is 20.5 Å². The first-order chi connectivity index (χ1) is 13.6. The largest absolute Gasteiger partial charge is 0.348 e. The van der Waals surface area contributed by atoms with Crippen molar-refractivity contribution in [1.82, 2.24) is 15.2 Å². The fraction of sp³-hybridized carbons (Fsp3) is 0.381. The zero-order valence-corrected chi connectivity index (χ0v) is 16.7. The Balaban J connectivity index is 1.37. The maximum absolute atomic E-state index is 12.6. The monoisotopic (exact) mass is 396 g/mol. The standard InChI is InChI=1S/C21H24N4O2S/c1-14(26)23-17-6-9-22-20(12-17)28-18-4-2-16(3-5-18)21(27)24-19-13-25-10-7-15(19)8-11-25/h2-6,9,12,15,19H,7-8,10-11,13H2,1H3,(H,24,27)(H,22,23,26). The minimum Gasteiger partial charge on any atom is -0.348 e. The second-order valence-electron chi connectivity index (χ2n) is 7.41. The van der Waals surface area contributed by atoms with Gasteiger partial charge in [-0.25, -0.2) is 4.98 Å². The van der Waals surface area contributed by atoms with Crippen molar-refractivity contribution in [3.05, 3.63) is 48.2 Å². The number of anilines is 1. The molecule has 4 heterocycles. The van der Waals surface area contributed by atoms with E-state index in [1.165, 1.54) is 44.6 Å². The number of fused-ring (bicyclic) bond motifs is 3. The van der Waals surface area contributed by atoms with Gasteiger partial charge in [0.15, 0.2) is 0 Å². The third-order valence-electron chi connectivity index (χ3n) is 5.37. The molecule has 2 N–H and O–H groups in total. The molecule has 28 heavy (non-hydrogen) atoms. The number of carbonyl (C=O) groups excluding carboxylic acids is 2. The number of nitrogens with one attached hydrogen (secondary N) is 2. The number of nitrogens with zero attached hydrogens (tertiary/aromatic N) is 2. The molecule has 146 valence electrons. The molecule has 2 aromatic rings. The number of benzene rings is 1. The summed E-state index contributed by atoms with van der Waals surface area (Å²) in [6, 6.07) is 11.4. The SMILES string of the molecule is CC(=O)Nc1ccnc(Sc2ccc(C(=O)NC3CN4CCC3CC4)cc2)c1. The second kappa shape index (κ2) is 8.32. The predicted octanol–water partition coefficient (Wildman–Crippen LogP) is 3.02. The first kappa shape index (κ1) is 19.0. The summed E-state index contributed by atoms with van der Waals surface area (Å²) in [7, 11) is 0. The van der Waals surface area contributed by atoms with Crippen molar-refractivity contribution in [1.29, 1.82) is 0 Å². The molecule has 0 aliphatic carbocycles. The molecule has 3 fully saturated rings. The summed E-state index contributed by atoms with van der Waals surface area (Å²) in [5, 5.41) is 6.77. The van der Waals surface area contributed by atoms with Crippen LogP contribution < -0.4 is 10.6 Å². The number of amides is 2. The molecule has 1 unspecified atom stereocenters. The summed E-state index contributed by atoms with van der Waals surface area (Å²) in [5.74, 6) is 0.507. The Kier molecular flexibility index (Phi) is 5.64. The zero-order valence-electron chi connectivity index (χ0n) is 15.9. The molecule has 2 amide bonds. The van der Waals surface area contributed by atoms with Gasteiger partial charge in [-0.1, -0.05) is 11.8 Å². The van der Waals surface area contributed by atoms with Gasteiger partial charge in [0, 0.05) is 41.9 Å². The van der Waals surface area contributed by atoms with Gasteiger partial charge in [0.25, 0.3) is 5.91 Å². The smallest absolute Gasteiger partial charge is 0.251 e. The van der Waals surface area contributed by atoms with E-state index in [0.29, 0.717) is 11.5 Å². The van der Waals surface area contributed by atoms with Gasteiger partial charge in [-0.3, -0.25) is 9.59 Å². The van der Waals surface area contributed by atoms with E-state index in [1.807, 2.05) is 30.3 Å². The van der Waals surface area contributed by atoms with Crippen LogP contribution in [0.15, 0.2) is 52.5 Å². The van der Waals surface area contributed by atoms with Gasteiger partial charge in [0.1, 0.15) is 5.03 Å². The maximum atomic E-state index is 12.6. The lowest BCUT2D eigenvalue weighted by Crippen LogP contribution is -2.57. The van der Waals surface area contributed by atoms with Crippen LogP contribution in [0.25, 0.3) is 0 Å². The molecular weight excluding hydrogens is 372 g/mol. The molecule has 3 aliphatic rings. The van der Waals surface area contributed by atoms with E-state index >= 15 is 0 Å². The summed E-state index contributed by atoms with van der Waals surface area (Å²) in [5.41, 5.74) is 1.40. The summed E-state index contributed by atoms with van der Waals surface area (Å²) in [6.45, 7) is 4.79. The van der Waals surface area contributed by atoms with Crippen molar-refractivity contribution in [2.24, 2.45) is 5.92 Å². The first-order valence-corrected chi connectivity index (χ1v) is 10.4. The topological polar surface area (TPSA) is 74.3 Å². The van der Waals surface area contributed by atoms with Crippen molar-refractivity contribution in [3.63, 3.8) is 0 Å². The summed E-state index contributed by atoms with van der Waals surface area (Å²) >= 11 is 1.49. The van der Waals surface area contributed by atoms with Crippen LogP contribution in [0.1, 0.15) is 30.1 Å². The highest BCUT2D eigenvalue weighted by Crippen LogP contribution is 2.29. The van der Waals surface area contributed by atoms with Crippen molar-refractivity contribution in [2.75, 3.05) is 25.0 Å². The highest BCUT2D eigenvalue weighted by atomic mass is 32.2. The minimum atomic E-state index is -0.111. The van der Waals surface area contributed by atoms with Crippen LogP contribution >= 0.6 is 11.8 Å². The second-order valence-corrected chi connectivity index (χ2v) is 8.50. The molecular formula is C21H24N4O2S. The van der Waals surface area contributed by atoms with Crippen LogP contribution in [-0.4, -0.2) is 47.4 Å². The number of aromatic nitrogens is 1. The molecule has 0 saturated carbocycles.